The number of hydrogen-bond acceptors (Lipinski definition) is 4. The molecular weight excluding hydrogens is 240 g/mol. The molecule has 0 saturated heterocycles. The topological polar surface area (TPSA) is 67.8 Å². The Hall–Kier alpha value is -2.01. The number of rotatable bonds is 3. The Kier molecular flexibility index (Phi) is 3.62. The van der Waals surface area contributed by atoms with Gasteiger partial charge in [0, 0.05) is 18.0 Å². The first-order valence-corrected chi connectivity index (χ1v) is 5.29. The molecule has 1 N–H and O–H groups in total. The van der Waals surface area contributed by atoms with Gasteiger partial charge in [-0.1, -0.05) is 17.7 Å². The van der Waals surface area contributed by atoms with Crippen molar-refractivity contribution in [2.45, 2.75) is 6.42 Å². The van der Waals surface area contributed by atoms with E-state index in [-0.39, 0.29) is 17.5 Å². The predicted molar refractivity (Wildman–Crippen MR) is 63.6 cm³/mol. The highest BCUT2D eigenvalue weighted by molar-refractivity contribution is 6.29. The number of carbonyl (C=O) groups is 1. The zero-order valence-electron chi connectivity index (χ0n) is 8.80. The maximum absolute atomic E-state index is 11.6. The van der Waals surface area contributed by atoms with Gasteiger partial charge in [-0.25, -0.2) is 9.97 Å². The molecule has 0 bridgehead atoms. The molecule has 0 unspecified atom stereocenters. The smallest absolute Gasteiger partial charge is 0.231 e. The summed E-state index contributed by atoms with van der Waals surface area (Å²) in [5, 5.41) is 2.90. The van der Waals surface area contributed by atoms with E-state index >= 15 is 0 Å². The van der Waals surface area contributed by atoms with Gasteiger partial charge in [0.25, 0.3) is 0 Å². The molecule has 2 heterocycles. The molecule has 86 valence electrons. The van der Waals surface area contributed by atoms with Gasteiger partial charge in [-0.2, -0.15) is 0 Å². The third kappa shape index (κ3) is 3.49. The molecule has 0 atom stereocenters. The molecule has 0 fully saturated rings. The normalized spacial score (nSPS) is 9.94. The van der Waals surface area contributed by atoms with E-state index in [1.165, 1.54) is 12.4 Å². The van der Waals surface area contributed by atoms with Gasteiger partial charge in [0.15, 0.2) is 0 Å². The van der Waals surface area contributed by atoms with E-state index in [4.69, 9.17) is 11.6 Å². The van der Waals surface area contributed by atoms with E-state index in [1.54, 1.807) is 18.3 Å². The quantitative estimate of drug-likeness (QED) is 0.840. The number of anilines is 1. The summed E-state index contributed by atoms with van der Waals surface area (Å²) < 4.78 is 0. The Morgan fingerprint density at radius 3 is 2.88 bits per heavy atom. The average Bonchev–Trinajstić information content (AvgIpc) is 2.30. The lowest BCUT2D eigenvalue weighted by Gasteiger charge is -2.03. The summed E-state index contributed by atoms with van der Waals surface area (Å²) in [7, 11) is 0. The lowest BCUT2D eigenvalue weighted by molar-refractivity contribution is -0.115. The number of nitrogens with zero attached hydrogens (tertiary/aromatic N) is 3. The van der Waals surface area contributed by atoms with Crippen LogP contribution in [0.1, 0.15) is 5.69 Å². The van der Waals surface area contributed by atoms with Crippen molar-refractivity contribution in [3.63, 3.8) is 0 Å². The van der Waals surface area contributed by atoms with Crippen molar-refractivity contribution < 1.29 is 4.79 Å². The summed E-state index contributed by atoms with van der Waals surface area (Å²) in [6, 6.07) is 6.90. The molecule has 2 rings (SSSR count). The highest BCUT2D eigenvalue weighted by Crippen LogP contribution is 2.08. The highest BCUT2D eigenvalue weighted by Gasteiger charge is 2.05. The Bertz CT molecular complexity index is 518. The van der Waals surface area contributed by atoms with Crippen LogP contribution >= 0.6 is 11.6 Å². The van der Waals surface area contributed by atoms with Crippen LogP contribution in [-0.4, -0.2) is 20.9 Å². The highest BCUT2D eigenvalue weighted by atomic mass is 35.5. The Morgan fingerprint density at radius 2 is 2.18 bits per heavy atom. The van der Waals surface area contributed by atoms with Crippen molar-refractivity contribution in [1.82, 2.24) is 15.0 Å². The van der Waals surface area contributed by atoms with Crippen molar-refractivity contribution in [2.24, 2.45) is 0 Å². The summed E-state index contributed by atoms with van der Waals surface area (Å²) >= 11 is 5.67. The molecule has 2 aromatic rings. The van der Waals surface area contributed by atoms with Crippen molar-refractivity contribution in [3.8, 4) is 0 Å². The fraction of sp³-hybridized carbons (Fsp3) is 0.0909. The molecule has 0 aliphatic rings. The SMILES string of the molecule is O=C(Cc1ccccn1)Nc1cc(Cl)ncn1. The van der Waals surface area contributed by atoms with Crippen LogP contribution in [0.4, 0.5) is 5.82 Å². The Morgan fingerprint density at radius 1 is 1.29 bits per heavy atom. The first-order chi connectivity index (χ1) is 8.24. The zero-order chi connectivity index (χ0) is 12.1. The summed E-state index contributed by atoms with van der Waals surface area (Å²) in [5.41, 5.74) is 0.699. The third-order valence-corrected chi connectivity index (χ3v) is 2.18. The van der Waals surface area contributed by atoms with Crippen molar-refractivity contribution in [1.29, 1.82) is 0 Å². The molecule has 6 heteroatoms. The first kappa shape index (κ1) is 11.5. The van der Waals surface area contributed by atoms with Crippen LogP contribution in [0.15, 0.2) is 36.8 Å². The van der Waals surface area contributed by atoms with Crippen LogP contribution in [0.3, 0.4) is 0 Å². The molecule has 17 heavy (non-hydrogen) atoms. The second kappa shape index (κ2) is 5.36. The second-order valence-corrected chi connectivity index (χ2v) is 3.66. The van der Waals surface area contributed by atoms with Gasteiger partial charge in [-0.3, -0.25) is 9.78 Å². The first-order valence-electron chi connectivity index (χ1n) is 4.91. The monoisotopic (exact) mass is 248 g/mol. The molecular formula is C11H9ClN4O. The van der Waals surface area contributed by atoms with Crippen molar-refractivity contribution >= 4 is 23.3 Å². The molecule has 0 saturated carbocycles. The van der Waals surface area contributed by atoms with Gasteiger partial charge < -0.3 is 5.32 Å². The minimum absolute atomic E-state index is 0.196. The number of halogens is 1. The maximum atomic E-state index is 11.6. The summed E-state index contributed by atoms with van der Waals surface area (Å²) in [6.07, 6.45) is 3.13. The molecule has 0 radical (unpaired) electrons. The van der Waals surface area contributed by atoms with E-state index in [2.05, 4.69) is 20.3 Å². The molecule has 0 spiro atoms. The van der Waals surface area contributed by atoms with E-state index < -0.39 is 0 Å². The van der Waals surface area contributed by atoms with Gasteiger partial charge in [0.05, 0.1) is 6.42 Å². The molecule has 1 amide bonds. The molecule has 2 aromatic heterocycles. The fourth-order valence-electron chi connectivity index (χ4n) is 1.26. The van der Waals surface area contributed by atoms with Crippen LogP contribution in [-0.2, 0) is 11.2 Å². The van der Waals surface area contributed by atoms with Gasteiger partial charge >= 0.3 is 0 Å². The predicted octanol–water partition coefficient (Wildman–Crippen LogP) is 1.71. The molecule has 0 aliphatic heterocycles. The van der Waals surface area contributed by atoms with Crippen LogP contribution in [0, 0.1) is 0 Å². The number of carbonyl (C=O) groups excluding carboxylic acids is 1. The van der Waals surface area contributed by atoms with Crippen LogP contribution in [0.2, 0.25) is 5.15 Å². The minimum atomic E-state index is -0.196. The van der Waals surface area contributed by atoms with E-state index in [0.29, 0.717) is 11.5 Å². The van der Waals surface area contributed by atoms with E-state index in [9.17, 15) is 4.79 Å². The summed E-state index contributed by atoms with van der Waals surface area (Å²) in [5.74, 6) is 0.185. The second-order valence-electron chi connectivity index (χ2n) is 3.27. The zero-order valence-corrected chi connectivity index (χ0v) is 9.55. The lowest BCUT2D eigenvalue weighted by Crippen LogP contribution is -2.15. The van der Waals surface area contributed by atoms with Crippen LogP contribution in [0.5, 0.6) is 0 Å². The van der Waals surface area contributed by atoms with Gasteiger partial charge in [0.1, 0.15) is 17.3 Å². The van der Waals surface area contributed by atoms with Crippen LogP contribution < -0.4 is 5.32 Å². The van der Waals surface area contributed by atoms with Gasteiger partial charge in [-0.15, -0.1) is 0 Å². The number of aromatic nitrogens is 3. The summed E-state index contributed by atoms with van der Waals surface area (Å²) in [4.78, 5) is 23.3. The standard InChI is InChI=1S/C11H9ClN4O/c12-9-6-10(15-7-14-9)16-11(17)5-8-3-1-2-4-13-8/h1-4,6-7H,5H2,(H,14,15,16,17). The minimum Gasteiger partial charge on any atom is -0.310 e. The van der Waals surface area contributed by atoms with Crippen LogP contribution in [0.25, 0.3) is 0 Å². The number of nitrogens with one attached hydrogen (secondary N) is 1. The number of pyridine rings is 1. The largest absolute Gasteiger partial charge is 0.310 e. The Balaban J connectivity index is 1.98. The Labute approximate surface area is 103 Å². The number of hydrogen-bond donors (Lipinski definition) is 1. The van der Waals surface area contributed by atoms with Gasteiger partial charge in [-0.05, 0) is 12.1 Å². The number of amides is 1. The summed E-state index contributed by atoms with van der Waals surface area (Å²) in [6.45, 7) is 0. The van der Waals surface area contributed by atoms with E-state index in [0.717, 1.165) is 0 Å². The van der Waals surface area contributed by atoms with E-state index in [1.807, 2.05) is 6.07 Å². The van der Waals surface area contributed by atoms with Crippen molar-refractivity contribution in [3.05, 3.63) is 47.6 Å². The fourth-order valence-corrected chi connectivity index (χ4v) is 1.40. The van der Waals surface area contributed by atoms with Gasteiger partial charge in [0.2, 0.25) is 5.91 Å². The molecule has 0 aromatic carbocycles. The molecule has 5 nitrogen and oxygen atoms in total. The third-order valence-electron chi connectivity index (χ3n) is 1.97. The lowest BCUT2D eigenvalue weighted by atomic mass is 10.2. The maximum Gasteiger partial charge on any atom is 0.231 e. The molecule has 0 aliphatic carbocycles. The average molecular weight is 249 g/mol. The van der Waals surface area contributed by atoms with Crippen molar-refractivity contribution in [2.75, 3.05) is 5.32 Å².